The van der Waals surface area contributed by atoms with Gasteiger partial charge in [-0.3, -0.25) is 4.79 Å². The molecule has 1 aliphatic rings. The zero-order chi connectivity index (χ0) is 17.6. The fourth-order valence-electron chi connectivity index (χ4n) is 2.34. The first-order chi connectivity index (χ1) is 10.8. The zero-order valence-electron chi connectivity index (χ0n) is 13.8. The molecule has 0 aliphatic carbocycles. The van der Waals surface area contributed by atoms with Crippen LogP contribution < -0.4 is 5.32 Å². The van der Waals surface area contributed by atoms with Gasteiger partial charge < -0.3 is 30.5 Å². The van der Waals surface area contributed by atoms with Crippen molar-refractivity contribution in [2.24, 2.45) is 0 Å². The zero-order valence-corrected chi connectivity index (χ0v) is 13.8. The fourth-order valence-corrected chi connectivity index (χ4v) is 2.34. The lowest BCUT2D eigenvalue weighted by molar-refractivity contribution is -0.253. The first kappa shape index (κ1) is 19.8. The summed E-state index contributed by atoms with van der Waals surface area (Å²) in [5.74, 6) is -0.485. The van der Waals surface area contributed by atoms with Gasteiger partial charge in [-0.15, -0.1) is 0 Å². The number of carbonyl (C=O) groups is 1. The van der Waals surface area contributed by atoms with E-state index in [1.54, 1.807) is 0 Å². The Hall–Kier alpha value is -1.25. The Kier molecular flexibility index (Phi) is 7.87. The Bertz CT molecular complexity index is 457. The molecule has 1 fully saturated rings. The maximum atomic E-state index is 12.0. The predicted molar refractivity (Wildman–Crippen MR) is 84.3 cm³/mol. The Balaban J connectivity index is 2.60. The lowest BCUT2D eigenvalue weighted by Gasteiger charge is -2.40. The summed E-state index contributed by atoms with van der Waals surface area (Å²) in [5.41, 5.74) is 2.06. The first-order valence-electron chi connectivity index (χ1n) is 7.67. The molecule has 7 heteroatoms. The summed E-state index contributed by atoms with van der Waals surface area (Å²) in [5, 5.41) is 40.9. The third-order valence-corrected chi connectivity index (χ3v) is 3.68. The molecule has 1 heterocycles. The van der Waals surface area contributed by atoms with E-state index >= 15 is 0 Å². The Morgan fingerprint density at radius 1 is 1.17 bits per heavy atom. The molecule has 0 aromatic rings. The van der Waals surface area contributed by atoms with E-state index < -0.39 is 43.2 Å². The van der Waals surface area contributed by atoms with E-state index in [0.717, 1.165) is 18.4 Å². The summed E-state index contributed by atoms with van der Waals surface area (Å²) >= 11 is 0. The molecule has 132 valence electrons. The number of ether oxygens (including phenoxy) is 1. The maximum Gasteiger partial charge on any atom is 0.244 e. The van der Waals surface area contributed by atoms with Crippen molar-refractivity contribution >= 4 is 5.91 Å². The Morgan fingerprint density at radius 3 is 2.39 bits per heavy atom. The van der Waals surface area contributed by atoms with Crippen LogP contribution in [0.4, 0.5) is 0 Å². The minimum absolute atomic E-state index is 0.485. The number of carbonyl (C=O) groups excluding carboxylic acids is 1. The summed E-state index contributed by atoms with van der Waals surface area (Å²) in [4.78, 5) is 12.0. The van der Waals surface area contributed by atoms with E-state index in [9.17, 15) is 20.1 Å². The van der Waals surface area contributed by atoms with Gasteiger partial charge in [-0.1, -0.05) is 17.2 Å². The molecule has 0 aromatic carbocycles. The highest BCUT2D eigenvalue weighted by Crippen LogP contribution is 2.19. The topological polar surface area (TPSA) is 119 Å². The fraction of sp³-hybridized carbons (Fsp3) is 0.688. The van der Waals surface area contributed by atoms with Crippen molar-refractivity contribution in [1.82, 2.24) is 5.32 Å². The second kappa shape index (κ2) is 9.14. The lowest BCUT2D eigenvalue weighted by Crippen LogP contribution is -2.64. The Labute approximate surface area is 136 Å². The molecule has 0 saturated carbocycles. The van der Waals surface area contributed by atoms with Crippen molar-refractivity contribution in [3.05, 3.63) is 23.3 Å². The van der Waals surface area contributed by atoms with Gasteiger partial charge in [-0.25, -0.2) is 0 Å². The maximum absolute atomic E-state index is 12.0. The third-order valence-electron chi connectivity index (χ3n) is 3.68. The summed E-state index contributed by atoms with van der Waals surface area (Å²) in [6.07, 6.45) is -0.405. The molecule has 0 bridgehead atoms. The molecule has 5 N–H and O–H groups in total. The quantitative estimate of drug-likeness (QED) is 0.334. The highest BCUT2D eigenvalue weighted by atomic mass is 16.6. The van der Waals surface area contributed by atoms with E-state index in [2.05, 4.69) is 11.4 Å². The summed E-state index contributed by atoms with van der Waals surface area (Å²) in [6.45, 7) is 5.28. The van der Waals surface area contributed by atoms with Crippen molar-refractivity contribution < 1.29 is 30.0 Å². The van der Waals surface area contributed by atoms with Crippen LogP contribution in [0.25, 0.3) is 0 Å². The number of aliphatic hydroxyl groups is 4. The molecule has 23 heavy (non-hydrogen) atoms. The van der Waals surface area contributed by atoms with Gasteiger partial charge in [-0.2, -0.15) is 0 Å². The molecule has 0 spiro atoms. The number of rotatable bonds is 6. The van der Waals surface area contributed by atoms with Crippen molar-refractivity contribution in [3.8, 4) is 0 Å². The smallest absolute Gasteiger partial charge is 0.244 e. The van der Waals surface area contributed by atoms with Crippen molar-refractivity contribution in [2.75, 3.05) is 6.61 Å². The van der Waals surface area contributed by atoms with Crippen LogP contribution in [0, 0.1) is 0 Å². The largest absolute Gasteiger partial charge is 0.394 e. The number of allylic oxidation sites excluding steroid dienone is 3. The summed E-state index contributed by atoms with van der Waals surface area (Å²) < 4.78 is 4.98. The van der Waals surface area contributed by atoms with Gasteiger partial charge >= 0.3 is 0 Å². The van der Waals surface area contributed by atoms with E-state index in [1.165, 1.54) is 11.6 Å². The van der Waals surface area contributed by atoms with Gasteiger partial charge in [0.25, 0.3) is 0 Å². The number of aliphatic hydroxyl groups excluding tert-OH is 4. The molecule has 1 amide bonds. The van der Waals surface area contributed by atoms with Gasteiger partial charge in [0.15, 0.2) is 6.29 Å². The van der Waals surface area contributed by atoms with Gasteiger partial charge in [0.05, 0.1) is 6.61 Å². The third kappa shape index (κ3) is 6.04. The van der Waals surface area contributed by atoms with Crippen molar-refractivity contribution in [2.45, 2.75) is 64.3 Å². The lowest BCUT2D eigenvalue weighted by atomic mass is 9.97. The van der Waals surface area contributed by atoms with Crippen LogP contribution in [0.5, 0.6) is 0 Å². The number of hydrogen-bond acceptors (Lipinski definition) is 6. The van der Waals surface area contributed by atoms with Crippen molar-refractivity contribution in [1.29, 1.82) is 0 Å². The van der Waals surface area contributed by atoms with Gasteiger partial charge in [0, 0.05) is 6.08 Å². The Morgan fingerprint density at radius 2 is 1.83 bits per heavy atom. The van der Waals surface area contributed by atoms with Crippen LogP contribution in [0.3, 0.4) is 0 Å². The molecule has 0 aromatic heterocycles. The highest BCUT2D eigenvalue weighted by molar-refractivity contribution is 5.88. The van der Waals surface area contributed by atoms with Crippen LogP contribution in [0.2, 0.25) is 0 Å². The standard InChI is InChI=1S/C16H27NO6/c1-9(2)5-4-6-10(3)7-12(19)17-13-15(21)14(20)11(8-18)23-16(13)22/h5,7,11,13-16,18,20-22H,4,6,8H2,1-3H3,(H,17,19)/b10-7+. The number of nitrogens with one attached hydrogen (secondary N) is 1. The SMILES string of the molecule is CC(C)=CCC/C(C)=C/C(=O)NC1C(O)OC(CO)C(O)C1O. The number of amides is 1. The monoisotopic (exact) mass is 329 g/mol. The molecule has 1 rings (SSSR count). The van der Waals surface area contributed by atoms with E-state index in [4.69, 9.17) is 9.84 Å². The van der Waals surface area contributed by atoms with Gasteiger partial charge in [0.2, 0.25) is 5.91 Å². The van der Waals surface area contributed by atoms with Crippen molar-refractivity contribution in [3.63, 3.8) is 0 Å². The molecule has 1 saturated heterocycles. The van der Waals surface area contributed by atoms with Crippen LogP contribution in [0.15, 0.2) is 23.3 Å². The first-order valence-corrected chi connectivity index (χ1v) is 7.67. The average Bonchev–Trinajstić information content (AvgIpc) is 2.46. The van der Waals surface area contributed by atoms with Crippen LogP contribution >= 0.6 is 0 Å². The minimum Gasteiger partial charge on any atom is -0.394 e. The molecule has 5 atom stereocenters. The highest BCUT2D eigenvalue weighted by Gasteiger charge is 2.44. The van der Waals surface area contributed by atoms with Gasteiger partial charge in [-0.05, 0) is 33.6 Å². The van der Waals surface area contributed by atoms with Gasteiger partial charge in [0.1, 0.15) is 24.4 Å². The van der Waals surface area contributed by atoms with Crippen LogP contribution in [-0.4, -0.2) is 63.6 Å². The molecule has 5 unspecified atom stereocenters. The minimum atomic E-state index is -1.51. The average molecular weight is 329 g/mol. The molecule has 7 nitrogen and oxygen atoms in total. The van der Waals surface area contributed by atoms with E-state index in [0.29, 0.717) is 0 Å². The predicted octanol–water partition coefficient (Wildman–Crippen LogP) is -0.405. The molecule has 1 aliphatic heterocycles. The van der Waals surface area contributed by atoms with Crippen LogP contribution in [-0.2, 0) is 9.53 Å². The summed E-state index contributed by atoms with van der Waals surface area (Å²) in [6, 6.07) is -1.16. The normalized spacial score (nSPS) is 31.6. The second-order valence-corrected chi connectivity index (χ2v) is 6.07. The number of hydrogen-bond donors (Lipinski definition) is 5. The summed E-state index contributed by atoms with van der Waals surface area (Å²) in [7, 11) is 0. The molecule has 0 radical (unpaired) electrons. The molecular formula is C16H27NO6. The molecular weight excluding hydrogens is 302 g/mol. The van der Waals surface area contributed by atoms with Crippen LogP contribution in [0.1, 0.15) is 33.6 Å². The second-order valence-electron chi connectivity index (χ2n) is 6.07. The van der Waals surface area contributed by atoms with E-state index in [1.807, 2.05) is 20.8 Å². The van der Waals surface area contributed by atoms with E-state index in [-0.39, 0.29) is 0 Å².